The van der Waals surface area contributed by atoms with Gasteiger partial charge >= 0.3 is 0 Å². The van der Waals surface area contributed by atoms with Gasteiger partial charge in [0.25, 0.3) is 5.91 Å². The molecule has 3 heterocycles. The molecule has 3 aliphatic heterocycles. The molecule has 6 nitrogen and oxygen atoms in total. The molecule has 3 aliphatic rings. The average molecular weight is 420 g/mol. The van der Waals surface area contributed by atoms with Gasteiger partial charge < -0.3 is 15.5 Å². The number of carbonyl (C=O) groups excluding carboxylic acids is 2. The second kappa shape index (κ2) is 7.91. The van der Waals surface area contributed by atoms with Gasteiger partial charge in [0.2, 0.25) is 5.91 Å². The minimum absolute atomic E-state index is 0.00758. The molecule has 9 heteroatoms. The van der Waals surface area contributed by atoms with Gasteiger partial charge in [-0.2, -0.15) is 5.26 Å². The van der Waals surface area contributed by atoms with E-state index >= 15 is 0 Å². The Bertz CT molecular complexity index is 891. The van der Waals surface area contributed by atoms with E-state index in [2.05, 4.69) is 0 Å². The van der Waals surface area contributed by atoms with Crippen molar-refractivity contribution in [2.24, 2.45) is 11.7 Å². The summed E-state index contributed by atoms with van der Waals surface area (Å²) in [4.78, 5) is 28.5. The predicted octanol–water partition coefficient (Wildman–Crippen LogP) is 2.14. The van der Waals surface area contributed by atoms with Gasteiger partial charge in [-0.15, -0.1) is 0 Å². The highest BCUT2D eigenvalue weighted by molar-refractivity contribution is 5.95. The number of fused-ring (bicyclic) bond motifs is 2. The number of amides is 2. The van der Waals surface area contributed by atoms with E-state index in [0.717, 1.165) is 18.2 Å². The molecule has 0 saturated carbocycles. The monoisotopic (exact) mass is 420 g/mol. The largest absolute Gasteiger partial charge is 0.333 e. The molecular formula is C21H23F3N4O2. The van der Waals surface area contributed by atoms with Gasteiger partial charge in [-0.05, 0) is 49.8 Å². The van der Waals surface area contributed by atoms with Crippen LogP contribution < -0.4 is 5.73 Å². The van der Waals surface area contributed by atoms with Crippen LogP contribution in [0.5, 0.6) is 0 Å². The Morgan fingerprint density at radius 2 is 1.83 bits per heavy atom. The molecule has 30 heavy (non-hydrogen) atoms. The molecular weight excluding hydrogens is 397 g/mol. The fourth-order valence-corrected chi connectivity index (χ4v) is 5.19. The third-order valence-corrected chi connectivity index (χ3v) is 6.64. The molecule has 2 N–H and O–H groups in total. The minimum atomic E-state index is -1.23. The van der Waals surface area contributed by atoms with Crippen LogP contribution in [0.3, 0.4) is 0 Å². The maximum atomic E-state index is 14.1. The zero-order chi connectivity index (χ0) is 21.6. The molecule has 5 atom stereocenters. The number of benzene rings is 1. The number of hydrogen-bond acceptors (Lipinski definition) is 4. The zero-order valence-electron chi connectivity index (χ0n) is 16.3. The molecule has 0 radical (unpaired) electrons. The lowest BCUT2D eigenvalue weighted by Gasteiger charge is -2.41. The Labute approximate surface area is 172 Å². The highest BCUT2D eigenvalue weighted by Crippen LogP contribution is 2.41. The van der Waals surface area contributed by atoms with Crippen molar-refractivity contribution in [1.29, 1.82) is 5.26 Å². The molecule has 0 aliphatic carbocycles. The fraction of sp³-hybridized carbons (Fsp3) is 0.571. The van der Waals surface area contributed by atoms with Crippen LogP contribution in [0.4, 0.5) is 13.2 Å². The van der Waals surface area contributed by atoms with Gasteiger partial charge in [0, 0.05) is 18.5 Å². The van der Waals surface area contributed by atoms with Gasteiger partial charge in [0.05, 0.1) is 24.2 Å². The number of hydrogen-bond donors (Lipinski definition) is 1. The van der Waals surface area contributed by atoms with Crippen LogP contribution in [0.25, 0.3) is 0 Å². The summed E-state index contributed by atoms with van der Waals surface area (Å²) in [5, 5.41) is 9.18. The Balaban J connectivity index is 1.47. The summed E-state index contributed by atoms with van der Waals surface area (Å²) in [5.41, 5.74) is 5.93. The number of likely N-dealkylation sites (tertiary alicyclic amines) is 1. The van der Waals surface area contributed by atoms with Crippen molar-refractivity contribution in [1.82, 2.24) is 9.80 Å². The molecule has 3 fully saturated rings. The van der Waals surface area contributed by atoms with Crippen LogP contribution in [0.15, 0.2) is 18.2 Å². The summed E-state index contributed by atoms with van der Waals surface area (Å²) in [6, 6.07) is 2.61. The lowest BCUT2D eigenvalue weighted by atomic mass is 9.84. The molecule has 0 spiro atoms. The van der Waals surface area contributed by atoms with Gasteiger partial charge in [0.1, 0.15) is 23.8 Å². The summed E-state index contributed by atoms with van der Waals surface area (Å²) >= 11 is 0. The van der Waals surface area contributed by atoms with Crippen LogP contribution in [-0.4, -0.2) is 58.5 Å². The van der Waals surface area contributed by atoms with E-state index in [1.807, 2.05) is 6.07 Å². The van der Waals surface area contributed by atoms with Crippen LogP contribution in [0.1, 0.15) is 42.5 Å². The van der Waals surface area contributed by atoms with Crippen molar-refractivity contribution in [3.05, 3.63) is 35.4 Å². The van der Waals surface area contributed by atoms with Crippen molar-refractivity contribution in [2.45, 2.75) is 62.4 Å². The van der Waals surface area contributed by atoms with Gasteiger partial charge in [-0.1, -0.05) is 0 Å². The maximum absolute atomic E-state index is 14.1. The summed E-state index contributed by atoms with van der Waals surface area (Å²) < 4.78 is 41.3. The van der Waals surface area contributed by atoms with Crippen molar-refractivity contribution in [3.63, 3.8) is 0 Å². The van der Waals surface area contributed by atoms with Gasteiger partial charge in [0.15, 0.2) is 0 Å². The number of nitrogens with zero attached hydrogens (tertiary/aromatic N) is 3. The molecule has 1 aromatic carbocycles. The maximum Gasteiger partial charge on any atom is 0.257 e. The second-order valence-corrected chi connectivity index (χ2v) is 8.45. The fourth-order valence-electron chi connectivity index (χ4n) is 5.19. The summed E-state index contributed by atoms with van der Waals surface area (Å²) in [7, 11) is 0. The van der Waals surface area contributed by atoms with Crippen molar-refractivity contribution in [2.75, 3.05) is 6.54 Å². The Morgan fingerprint density at radius 1 is 1.17 bits per heavy atom. The Morgan fingerprint density at radius 3 is 2.47 bits per heavy atom. The van der Waals surface area contributed by atoms with E-state index in [-0.39, 0.29) is 36.5 Å². The SMILES string of the molecule is N#CC1CC(F)CN1C(=O)C(N)C1CC2CCC(C1)N2C(=O)c1cc(F)ccc1F. The Hall–Kier alpha value is -2.60. The van der Waals surface area contributed by atoms with Crippen molar-refractivity contribution >= 4 is 11.8 Å². The molecule has 5 unspecified atom stereocenters. The van der Waals surface area contributed by atoms with Crippen LogP contribution in [0, 0.1) is 28.9 Å². The van der Waals surface area contributed by atoms with E-state index in [4.69, 9.17) is 5.73 Å². The number of alkyl halides is 1. The van der Waals surface area contributed by atoms with E-state index in [1.165, 1.54) is 4.90 Å². The molecule has 3 saturated heterocycles. The Kier molecular flexibility index (Phi) is 5.45. The number of rotatable bonds is 3. The van der Waals surface area contributed by atoms with E-state index in [9.17, 15) is 28.0 Å². The van der Waals surface area contributed by atoms with Crippen molar-refractivity contribution in [3.8, 4) is 6.07 Å². The number of nitrogens with two attached hydrogens (primary N) is 1. The second-order valence-electron chi connectivity index (χ2n) is 8.45. The third kappa shape index (κ3) is 3.54. The van der Waals surface area contributed by atoms with Gasteiger partial charge in [-0.3, -0.25) is 9.59 Å². The first kappa shape index (κ1) is 20.7. The van der Waals surface area contributed by atoms with Crippen LogP contribution in [-0.2, 0) is 4.79 Å². The normalized spacial score (nSPS) is 31.5. The summed E-state index contributed by atoms with van der Waals surface area (Å²) in [6.45, 7) is -0.131. The van der Waals surface area contributed by atoms with Crippen molar-refractivity contribution < 1.29 is 22.8 Å². The highest BCUT2D eigenvalue weighted by Gasteiger charge is 2.48. The predicted molar refractivity (Wildman–Crippen MR) is 101 cm³/mol. The van der Waals surface area contributed by atoms with Gasteiger partial charge in [-0.25, -0.2) is 13.2 Å². The van der Waals surface area contributed by atoms with E-state index in [0.29, 0.717) is 25.7 Å². The molecule has 0 aromatic heterocycles. The number of carbonyl (C=O) groups is 2. The molecule has 2 bridgehead atoms. The number of nitriles is 1. The summed E-state index contributed by atoms with van der Waals surface area (Å²) in [5.74, 6) is -2.68. The number of halogens is 3. The highest BCUT2D eigenvalue weighted by atomic mass is 19.1. The molecule has 1 aromatic rings. The number of piperidine rings is 1. The minimum Gasteiger partial charge on any atom is -0.333 e. The topological polar surface area (TPSA) is 90.4 Å². The zero-order valence-corrected chi connectivity index (χ0v) is 16.3. The third-order valence-electron chi connectivity index (χ3n) is 6.64. The lowest BCUT2D eigenvalue weighted by molar-refractivity contribution is -0.134. The quantitative estimate of drug-likeness (QED) is 0.811. The average Bonchev–Trinajstić information content (AvgIpc) is 3.24. The summed E-state index contributed by atoms with van der Waals surface area (Å²) in [6.07, 6.45) is 1.06. The lowest BCUT2D eigenvalue weighted by Crippen LogP contribution is -2.55. The van der Waals surface area contributed by atoms with E-state index in [1.54, 1.807) is 4.90 Å². The first-order chi connectivity index (χ1) is 14.3. The molecule has 2 amide bonds. The first-order valence-electron chi connectivity index (χ1n) is 10.2. The standard InChI is InChI=1S/C21H23F3N4O2/c22-12-1-4-18(24)17(8-12)20(29)28-14-2-3-15(28)6-11(5-14)19(26)21(30)27-10-13(23)7-16(27)9-25/h1,4,8,11,13-16,19H,2-3,5-7,10,26H2. The first-order valence-corrected chi connectivity index (χ1v) is 10.2. The molecule has 4 rings (SSSR count). The van der Waals surface area contributed by atoms with E-state index < -0.39 is 41.7 Å². The van der Waals surface area contributed by atoms with Crippen LogP contribution >= 0.6 is 0 Å². The van der Waals surface area contributed by atoms with Crippen LogP contribution in [0.2, 0.25) is 0 Å². The molecule has 160 valence electrons. The smallest absolute Gasteiger partial charge is 0.257 e.